The van der Waals surface area contributed by atoms with Crippen molar-refractivity contribution < 1.29 is 14.0 Å². The van der Waals surface area contributed by atoms with Crippen LogP contribution in [0.5, 0.6) is 0 Å². The lowest BCUT2D eigenvalue weighted by Gasteiger charge is -2.05. The van der Waals surface area contributed by atoms with Crippen molar-refractivity contribution in [2.45, 2.75) is 0 Å². The van der Waals surface area contributed by atoms with Crippen LogP contribution in [0.15, 0.2) is 18.2 Å². The number of anilines is 1. The molecule has 0 aliphatic heterocycles. The lowest BCUT2D eigenvalue weighted by molar-refractivity contribution is -0.117. The third kappa shape index (κ3) is 3.74. The highest BCUT2D eigenvalue weighted by Gasteiger charge is 2.08. The molecular formula is C10H7ClFN3O2. The molecule has 0 radical (unpaired) electrons. The first kappa shape index (κ1) is 12.9. The summed E-state index contributed by atoms with van der Waals surface area (Å²) in [6.07, 6.45) is 0. The van der Waals surface area contributed by atoms with E-state index in [2.05, 4.69) is 5.32 Å². The van der Waals surface area contributed by atoms with E-state index in [1.54, 1.807) is 6.07 Å². The van der Waals surface area contributed by atoms with Gasteiger partial charge in [0.1, 0.15) is 17.8 Å². The number of halogens is 2. The largest absolute Gasteiger partial charge is 0.325 e. The van der Waals surface area contributed by atoms with E-state index in [0.717, 1.165) is 12.1 Å². The Kier molecular flexibility index (Phi) is 4.43. The molecule has 88 valence electrons. The van der Waals surface area contributed by atoms with E-state index in [4.69, 9.17) is 16.9 Å². The van der Waals surface area contributed by atoms with Gasteiger partial charge in [-0.3, -0.25) is 10.1 Å². The molecule has 0 bridgehead atoms. The zero-order valence-corrected chi connectivity index (χ0v) is 9.21. The summed E-state index contributed by atoms with van der Waals surface area (Å²) < 4.78 is 12.9. The van der Waals surface area contributed by atoms with Gasteiger partial charge in [0.2, 0.25) is 5.91 Å². The number of carbonyl (C=O) groups is 2. The number of carbonyl (C=O) groups excluding carboxylic acids is 2. The number of benzene rings is 1. The van der Waals surface area contributed by atoms with Crippen molar-refractivity contribution in [1.29, 1.82) is 5.26 Å². The third-order valence-corrected chi connectivity index (χ3v) is 1.96. The van der Waals surface area contributed by atoms with Gasteiger partial charge in [0.25, 0.3) is 0 Å². The summed E-state index contributed by atoms with van der Waals surface area (Å²) >= 11 is 5.18. The number of rotatable bonds is 2. The molecule has 0 saturated heterocycles. The second kappa shape index (κ2) is 5.82. The minimum atomic E-state index is -0.800. The molecule has 0 aromatic heterocycles. The van der Waals surface area contributed by atoms with Crippen molar-refractivity contribution in [3.63, 3.8) is 0 Å². The summed E-state index contributed by atoms with van der Waals surface area (Å²) in [4.78, 5) is 22.0. The van der Waals surface area contributed by atoms with E-state index in [-0.39, 0.29) is 17.1 Å². The lowest BCUT2D eigenvalue weighted by Crippen LogP contribution is -2.35. The lowest BCUT2D eigenvalue weighted by atomic mass is 10.2. The fraction of sp³-hybridized carbons (Fsp3) is 0.100. The topological polar surface area (TPSA) is 82.0 Å². The molecule has 0 aliphatic carbocycles. The quantitative estimate of drug-likeness (QED) is 0.787. The molecule has 0 heterocycles. The van der Waals surface area contributed by atoms with Crippen molar-refractivity contribution >= 4 is 29.2 Å². The monoisotopic (exact) mass is 255 g/mol. The molecule has 5 nitrogen and oxygen atoms in total. The molecule has 7 heteroatoms. The number of nitriles is 1. The van der Waals surface area contributed by atoms with Crippen molar-refractivity contribution in [2.24, 2.45) is 0 Å². The van der Waals surface area contributed by atoms with Crippen molar-refractivity contribution in [3.8, 4) is 6.07 Å². The Morgan fingerprint density at radius 2 is 2.18 bits per heavy atom. The average molecular weight is 256 g/mol. The molecule has 0 aliphatic rings. The first-order valence-corrected chi connectivity index (χ1v) is 4.96. The van der Waals surface area contributed by atoms with Gasteiger partial charge in [-0.25, -0.2) is 9.18 Å². The molecule has 0 unspecified atom stereocenters. The van der Waals surface area contributed by atoms with E-state index >= 15 is 0 Å². The number of hydrogen-bond acceptors (Lipinski definition) is 3. The second-order valence-electron chi connectivity index (χ2n) is 2.94. The Morgan fingerprint density at radius 3 is 2.76 bits per heavy atom. The smallest absolute Gasteiger partial charge is 0.308 e. The van der Waals surface area contributed by atoms with E-state index in [1.807, 2.05) is 5.32 Å². The molecule has 0 saturated carbocycles. The fourth-order valence-corrected chi connectivity index (χ4v) is 1.08. The van der Waals surface area contributed by atoms with Gasteiger partial charge in [0, 0.05) is 5.69 Å². The second-order valence-corrected chi connectivity index (χ2v) is 3.21. The van der Waals surface area contributed by atoms with E-state index in [9.17, 15) is 14.0 Å². The molecular weight excluding hydrogens is 249 g/mol. The van der Waals surface area contributed by atoms with Gasteiger partial charge in [0.15, 0.2) is 0 Å². The zero-order chi connectivity index (χ0) is 12.8. The van der Waals surface area contributed by atoms with Crippen LogP contribution in [0.25, 0.3) is 0 Å². The Bertz CT molecular complexity index is 499. The van der Waals surface area contributed by atoms with Crippen LogP contribution in [0.1, 0.15) is 5.56 Å². The van der Waals surface area contributed by atoms with Gasteiger partial charge < -0.3 is 5.32 Å². The maximum Gasteiger partial charge on any atom is 0.325 e. The van der Waals surface area contributed by atoms with E-state index < -0.39 is 17.8 Å². The van der Waals surface area contributed by atoms with Crippen LogP contribution in [-0.4, -0.2) is 17.8 Å². The van der Waals surface area contributed by atoms with Gasteiger partial charge in [-0.1, -0.05) is 0 Å². The number of urea groups is 1. The van der Waals surface area contributed by atoms with Crippen LogP contribution in [0, 0.1) is 17.1 Å². The molecule has 1 rings (SSSR count). The molecule has 3 amide bonds. The SMILES string of the molecule is N#Cc1cc(NC(=O)NC(=O)CCl)ccc1F. The number of amides is 3. The predicted octanol–water partition coefficient (Wildman–Crippen LogP) is 1.58. The average Bonchev–Trinajstić information content (AvgIpc) is 2.31. The van der Waals surface area contributed by atoms with Crippen LogP contribution >= 0.6 is 11.6 Å². The summed E-state index contributed by atoms with van der Waals surface area (Å²) in [5.41, 5.74) is -0.00528. The van der Waals surface area contributed by atoms with Crippen molar-refractivity contribution in [2.75, 3.05) is 11.2 Å². The Hall–Kier alpha value is -2.13. The van der Waals surface area contributed by atoms with Crippen LogP contribution in [0.3, 0.4) is 0 Å². The Morgan fingerprint density at radius 1 is 1.47 bits per heavy atom. The fourth-order valence-electron chi connectivity index (χ4n) is 1.01. The number of nitrogens with zero attached hydrogens (tertiary/aromatic N) is 1. The number of imide groups is 1. The minimum Gasteiger partial charge on any atom is -0.308 e. The molecule has 1 aromatic rings. The summed E-state index contributed by atoms with van der Waals surface area (Å²) in [6.45, 7) is 0. The van der Waals surface area contributed by atoms with Gasteiger partial charge in [0.05, 0.1) is 5.56 Å². The Labute approximate surface area is 101 Å². The highest BCUT2D eigenvalue weighted by molar-refractivity contribution is 6.28. The number of nitrogens with one attached hydrogen (secondary N) is 2. The summed E-state index contributed by atoms with van der Waals surface area (Å²) in [5.74, 6) is -1.69. The first-order chi connectivity index (χ1) is 8.06. The van der Waals surface area contributed by atoms with Gasteiger partial charge in [-0.2, -0.15) is 5.26 Å². The van der Waals surface area contributed by atoms with E-state index in [1.165, 1.54) is 6.07 Å². The summed E-state index contributed by atoms with van der Waals surface area (Å²) in [6, 6.07) is 4.28. The highest BCUT2D eigenvalue weighted by atomic mass is 35.5. The van der Waals surface area contributed by atoms with Crippen molar-refractivity contribution in [3.05, 3.63) is 29.6 Å². The molecule has 0 spiro atoms. The van der Waals surface area contributed by atoms with Crippen LogP contribution in [-0.2, 0) is 4.79 Å². The number of hydrogen-bond donors (Lipinski definition) is 2. The molecule has 1 aromatic carbocycles. The van der Waals surface area contributed by atoms with Gasteiger partial charge >= 0.3 is 6.03 Å². The highest BCUT2D eigenvalue weighted by Crippen LogP contribution is 2.13. The normalized spacial score (nSPS) is 9.24. The van der Waals surface area contributed by atoms with Crippen LogP contribution in [0.4, 0.5) is 14.9 Å². The minimum absolute atomic E-state index is 0.197. The van der Waals surface area contributed by atoms with Crippen LogP contribution in [0.2, 0.25) is 0 Å². The maximum atomic E-state index is 12.9. The molecule has 17 heavy (non-hydrogen) atoms. The summed E-state index contributed by atoms with van der Waals surface area (Å²) in [7, 11) is 0. The maximum absolute atomic E-state index is 12.9. The zero-order valence-electron chi connectivity index (χ0n) is 8.46. The number of alkyl halides is 1. The van der Waals surface area contributed by atoms with Crippen molar-refractivity contribution in [1.82, 2.24) is 5.32 Å². The first-order valence-electron chi connectivity index (χ1n) is 4.43. The standard InChI is InChI=1S/C10H7ClFN3O2/c11-4-9(16)15-10(17)14-7-1-2-8(12)6(3-7)5-13/h1-3H,4H2,(H2,14,15,16,17). The molecule has 2 N–H and O–H groups in total. The van der Waals surface area contributed by atoms with E-state index in [0.29, 0.717) is 0 Å². The van der Waals surface area contributed by atoms with Gasteiger partial charge in [-0.05, 0) is 18.2 Å². The molecule has 0 fully saturated rings. The predicted molar refractivity (Wildman–Crippen MR) is 59.0 cm³/mol. The van der Waals surface area contributed by atoms with Crippen LogP contribution < -0.4 is 10.6 Å². The summed E-state index contributed by atoms with van der Waals surface area (Å²) in [5, 5.41) is 12.8. The third-order valence-electron chi connectivity index (χ3n) is 1.72. The van der Waals surface area contributed by atoms with Gasteiger partial charge in [-0.15, -0.1) is 11.6 Å². The Balaban J connectivity index is 2.73. The molecule has 0 atom stereocenters.